The van der Waals surface area contributed by atoms with Gasteiger partial charge in [-0.1, -0.05) is 25.2 Å². The molecule has 28 heavy (non-hydrogen) atoms. The van der Waals surface area contributed by atoms with Gasteiger partial charge in [-0.05, 0) is 71.7 Å². The average molecular weight is 463 g/mol. The summed E-state index contributed by atoms with van der Waals surface area (Å²) in [5, 5.41) is 3.56. The molecular formula is C21H23BrN2O3S. The number of carbonyl (C=O) groups is 1. The van der Waals surface area contributed by atoms with Crippen molar-refractivity contribution in [3.8, 4) is 23.8 Å². The molecule has 0 spiro atoms. The number of thiocarbonyl (C=S) groups is 1. The Hall–Kier alpha value is -2.04. The van der Waals surface area contributed by atoms with Gasteiger partial charge in [0.15, 0.2) is 16.6 Å². The van der Waals surface area contributed by atoms with Crippen molar-refractivity contribution in [1.29, 1.82) is 0 Å². The summed E-state index contributed by atoms with van der Waals surface area (Å²) in [4.78, 5) is 14.7. The molecule has 1 aliphatic heterocycles. The molecule has 1 aliphatic carbocycles. The quantitative estimate of drug-likeness (QED) is 0.389. The largest absolute Gasteiger partial charge is 0.490 e. The minimum absolute atomic E-state index is 0.0707. The van der Waals surface area contributed by atoms with Crippen LogP contribution in [0.4, 0.5) is 0 Å². The Morgan fingerprint density at radius 1 is 1.36 bits per heavy atom. The van der Waals surface area contributed by atoms with E-state index >= 15 is 0 Å². The summed E-state index contributed by atoms with van der Waals surface area (Å²) >= 11 is 8.94. The van der Waals surface area contributed by atoms with Crippen LogP contribution in [0.2, 0.25) is 0 Å². The highest BCUT2D eigenvalue weighted by Crippen LogP contribution is 2.38. The predicted octanol–water partition coefficient (Wildman–Crippen LogP) is 4.25. The van der Waals surface area contributed by atoms with Crippen LogP contribution >= 0.6 is 28.1 Å². The fraction of sp³-hybridized carbons (Fsp3) is 0.429. The Bertz CT molecular complexity index is 841. The summed E-state index contributed by atoms with van der Waals surface area (Å²) in [5.74, 6) is 3.49. The number of hydrogen-bond acceptors (Lipinski definition) is 4. The van der Waals surface area contributed by atoms with E-state index in [4.69, 9.17) is 28.1 Å². The van der Waals surface area contributed by atoms with Gasteiger partial charge in [0, 0.05) is 6.04 Å². The van der Waals surface area contributed by atoms with Gasteiger partial charge < -0.3 is 14.8 Å². The van der Waals surface area contributed by atoms with Crippen molar-refractivity contribution < 1.29 is 14.3 Å². The molecule has 1 saturated heterocycles. The molecule has 0 bridgehead atoms. The Labute approximate surface area is 179 Å². The smallest absolute Gasteiger partial charge is 0.276 e. The van der Waals surface area contributed by atoms with E-state index in [0.29, 0.717) is 33.4 Å². The van der Waals surface area contributed by atoms with E-state index in [-0.39, 0.29) is 18.6 Å². The summed E-state index contributed by atoms with van der Waals surface area (Å²) < 4.78 is 12.0. The molecule has 1 amide bonds. The number of ether oxygens (including phenoxy) is 2. The zero-order valence-electron chi connectivity index (χ0n) is 15.8. The van der Waals surface area contributed by atoms with Gasteiger partial charge in [-0.15, -0.1) is 6.42 Å². The first-order valence-corrected chi connectivity index (χ1v) is 10.6. The molecule has 1 heterocycles. The van der Waals surface area contributed by atoms with Crippen molar-refractivity contribution in [3.05, 3.63) is 27.9 Å². The van der Waals surface area contributed by atoms with Gasteiger partial charge in [0.05, 0.1) is 11.1 Å². The van der Waals surface area contributed by atoms with Gasteiger partial charge in [0.25, 0.3) is 5.91 Å². The highest BCUT2D eigenvalue weighted by atomic mass is 79.9. The second kappa shape index (κ2) is 9.44. The highest BCUT2D eigenvalue weighted by molar-refractivity contribution is 9.10. The van der Waals surface area contributed by atoms with Crippen LogP contribution in [0.5, 0.6) is 11.5 Å². The third kappa shape index (κ3) is 4.50. The summed E-state index contributed by atoms with van der Waals surface area (Å²) in [6, 6.07) is 3.88. The van der Waals surface area contributed by atoms with Crippen LogP contribution in [0, 0.1) is 12.3 Å². The van der Waals surface area contributed by atoms with Gasteiger partial charge in [-0.2, -0.15) is 0 Å². The van der Waals surface area contributed by atoms with Gasteiger partial charge in [-0.25, -0.2) is 0 Å². The molecule has 0 radical (unpaired) electrons. The van der Waals surface area contributed by atoms with Crippen LogP contribution in [0.1, 0.15) is 44.6 Å². The number of nitrogens with one attached hydrogen (secondary N) is 1. The zero-order valence-corrected chi connectivity index (χ0v) is 18.2. The van der Waals surface area contributed by atoms with Crippen LogP contribution < -0.4 is 14.8 Å². The van der Waals surface area contributed by atoms with Gasteiger partial charge in [-0.3, -0.25) is 9.69 Å². The van der Waals surface area contributed by atoms with Crippen molar-refractivity contribution in [2.45, 2.75) is 45.1 Å². The lowest BCUT2D eigenvalue weighted by Gasteiger charge is -2.29. The van der Waals surface area contributed by atoms with Gasteiger partial charge >= 0.3 is 0 Å². The molecule has 2 aliphatic rings. The monoisotopic (exact) mass is 462 g/mol. The molecule has 1 saturated carbocycles. The minimum Gasteiger partial charge on any atom is -0.490 e. The number of terminal acetylenes is 1. The molecule has 5 nitrogen and oxygen atoms in total. The molecular weight excluding hydrogens is 440 g/mol. The minimum atomic E-state index is -0.0707. The molecule has 0 atom stereocenters. The summed E-state index contributed by atoms with van der Waals surface area (Å²) in [6.07, 6.45) is 12.6. The lowest BCUT2D eigenvalue weighted by Crippen LogP contribution is -2.41. The number of carbonyl (C=O) groups excluding carboxylic acids is 1. The van der Waals surface area contributed by atoms with Crippen molar-refractivity contribution in [2.75, 3.05) is 13.2 Å². The Morgan fingerprint density at radius 2 is 2.11 bits per heavy atom. The number of nitrogens with zero attached hydrogens (tertiary/aromatic N) is 1. The number of rotatable bonds is 6. The first-order chi connectivity index (χ1) is 13.5. The molecule has 148 valence electrons. The lowest BCUT2D eigenvalue weighted by molar-refractivity contribution is -0.124. The van der Waals surface area contributed by atoms with Crippen LogP contribution in [0.3, 0.4) is 0 Å². The van der Waals surface area contributed by atoms with E-state index in [9.17, 15) is 4.79 Å². The third-order valence-electron chi connectivity index (χ3n) is 4.79. The first-order valence-electron chi connectivity index (χ1n) is 9.44. The summed E-state index contributed by atoms with van der Waals surface area (Å²) in [6.45, 7) is 2.52. The van der Waals surface area contributed by atoms with E-state index in [1.54, 1.807) is 11.0 Å². The molecule has 7 heteroatoms. The Kier molecular flexibility index (Phi) is 6.97. The van der Waals surface area contributed by atoms with Crippen molar-refractivity contribution >= 4 is 45.2 Å². The molecule has 0 unspecified atom stereocenters. The fourth-order valence-electron chi connectivity index (χ4n) is 3.57. The van der Waals surface area contributed by atoms with Gasteiger partial charge in [0.1, 0.15) is 12.3 Å². The first kappa shape index (κ1) is 20.7. The molecule has 1 aromatic rings. The maximum atomic E-state index is 12.9. The van der Waals surface area contributed by atoms with Crippen molar-refractivity contribution in [3.63, 3.8) is 0 Å². The van der Waals surface area contributed by atoms with Crippen molar-refractivity contribution in [1.82, 2.24) is 10.2 Å². The maximum absolute atomic E-state index is 12.9. The van der Waals surface area contributed by atoms with E-state index in [0.717, 1.165) is 31.2 Å². The predicted molar refractivity (Wildman–Crippen MR) is 117 cm³/mol. The lowest BCUT2D eigenvalue weighted by atomic mass is 9.94. The van der Waals surface area contributed by atoms with Crippen LogP contribution in [-0.2, 0) is 4.79 Å². The normalized spacial score (nSPS) is 18.9. The van der Waals surface area contributed by atoms with Crippen LogP contribution in [0.25, 0.3) is 6.08 Å². The maximum Gasteiger partial charge on any atom is 0.276 e. The van der Waals surface area contributed by atoms with Crippen LogP contribution in [0.15, 0.2) is 22.3 Å². The summed E-state index contributed by atoms with van der Waals surface area (Å²) in [7, 11) is 0. The molecule has 1 N–H and O–H groups in total. The highest BCUT2D eigenvalue weighted by Gasteiger charge is 2.36. The van der Waals surface area contributed by atoms with Crippen molar-refractivity contribution in [2.24, 2.45) is 0 Å². The molecule has 3 rings (SSSR count). The topological polar surface area (TPSA) is 50.8 Å². The van der Waals surface area contributed by atoms with E-state index in [1.165, 1.54) is 6.42 Å². The Balaban J connectivity index is 1.87. The molecule has 2 fully saturated rings. The summed E-state index contributed by atoms with van der Waals surface area (Å²) in [5.41, 5.74) is 1.27. The average Bonchev–Trinajstić information content (AvgIpc) is 2.95. The number of halogens is 1. The third-order valence-corrected chi connectivity index (χ3v) is 5.68. The number of benzene rings is 1. The standard InChI is InChI=1S/C21H23BrN2O3S/c1-3-10-27-19-16(22)11-14(13-18(19)26-4-2)12-17-20(25)24(21(28)23-17)15-8-6-5-7-9-15/h1,11-13,15H,4-10H2,2H3,(H,23,28)/b17-12-. The van der Waals surface area contributed by atoms with Crippen LogP contribution in [-0.4, -0.2) is 35.2 Å². The molecule has 1 aromatic carbocycles. The second-order valence-corrected chi connectivity index (χ2v) is 7.95. The number of hydrogen-bond donors (Lipinski definition) is 1. The van der Waals surface area contributed by atoms with E-state index in [1.807, 2.05) is 19.1 Å². The zero-order chi connectivity index (χ0) is 20.1. The van der Waals surface area contributed by atoms with Gasteiger partial charge in [0.2, 0.25) is 0 Å². The van der Waals surface area contributed by atoms with E-state index in [2.05, 4.69) is 27.2 Å². The fourth-order valence-corrected chi connectivity index (χ4v) is 4.49. The van der Waals surface area contributed by atoms with E-state index < -0.39 is 0 Å². The second-order valence-electron chi connectivity index (χ2n) is 6.71. The Morgan fingerprint density at radius 3 is 2.79 bits per heavy atom. The SMILES string of the molecule is C#CCOc1c(Br)cc(/C=C2\NC(=S)N(C3CCCCC3)C2=O)cc1OCC. The number of amides is 1. The molecule has 0 aromatic heterocycles.